The molecule has 11 nitrogen and oxygen atoms in total. The number of amides is 3. The van der Waals surface area contributed by atoms with Crippen LogP contribution >= 0.6 is 0 Å². The summed E-state index contributed by atoms with van der Waals surface area (Å²) in [5, 5.41) is 11.2. The highest BCUT2D eigenvalue weighted by molar-refractivity contribution is 6.91. The number of benzene rings is 4. The number of hydrogen-bond acceptors (Lipinski definition) is 8. The van der Waals surface area contributed by atoms with Crippen molar-refractivity contribution in [2.75, 3.05) is 50.3 Å². The van der Waals surface area contributed by atoms with Gasteiger partial charge in [-0.15, -0.1) is 0 Å². The molecular weight excluding hydrogens is 715 g/mol. The molecule has 0 aliphatic carbocycles. The van der Waals surface area contributed by atoms with E-state index >= 15 is 4.79 Å². The van der Waals surface area contributed by atoms with Crippen molar-refractivity contribution in [3.8, 4) is 11.5 Å². The minimum Gasteiger partial charge on any atom is -0.497 e. The van der Waals surface area contributed by atoms with E-state index in [1.807, 2.05) is 84.9 Å². The SMILES string of the molecule is COc1ccc([Si](C)(C)[C@@H]2[C@@H](CC(=O)N(CCO)Cc3ccccc3)O[C@]3(C(=O)N(Cc4ccc(N5CCOC5=O)cc4)c4ccc(OC)cc43)[C@H]2C)cc1. The molecule has 1 N–H and O–H groups in total. The molecule has 2 fully saturated rings. The molecule has 0 unspecified atom stereocenters. The first-order valence-corrected chi connectivity index (χ1v) is 21.9. The van der Waals surface area contributed by atoms with Gasteiger partial charge in [-0.2, -0.15) is 0 Å². The van der Waals surface area contributed by atoms with Gasteiger partial charge in [0.25, 0.3) is 5.91 Å². The molecule has 4 aromatic rings. The molecule has 288 valence electrons. The van der Waals surface area contributed by atoms with Crippen molar-refractivity contribution >= 4 is 42.5 Å². The number of nitrogens with zero attached hydrogens (tertiary/aromatic N) is 3. The predicted octanol–water partition coefficient (Wildman–Crippen LogP) is 5.83. The van der Waals surface area contributed by atoms with E-state index < -0.39 is 19.8 Å². The number of methoxy groups -OCH3 is 2. The smallest absolute Gasteiger partial charge is 0.414 e. The summed E-state index contributed by atoms with van der Waals surface area (Å²) in [7, 11) is 0.712. The zero-order chi connectivity index (χ0) is 38.9. The second-order valence-corrected chi connectivity index (χ2v) is 19.8. The van der Waals surface area contributed by atoms with Crippen molar-refractivity contribution in [2.45, 2.75) is 56.8 Å². The second kappa shape index (κ2) is 15.5. The lowest BCUT2D eigenvalue weighted by Crippen LogP contribution is -2.52. The summed E-state index contributed by atoms with van der Waals surface area (Å²) in [4.78, 5) is 46.9. The largest absolute Gasteiger partial charge is 0.497 e. The van der Waals surface area contributed by atoms with Gasteiger partial charge in [-0.1, -0.05) is 79.8 Å². The lowest BCUT2D eigenvalue weighted by molar-refractivity contribution is -0.150. The number of aliphatic hydroxyl groups excluding tert-OH is 1. The van der Waals surface area contributed by atoms with Crippen molar-refractivity contribution in [3.05, 3.63) is 114 Å². The van der Waals surface area contributed by atoms with Crippen molar-refractivity contribution < 1.29 is 38.4 Å². The van der Waals surface area contributed by atoms with E-state index in [2.05, 4.69) is 32.2 Å². The van der Waals surface area contributed by atoms with E-state index in [1.165, 1.54) is 0 Å². The maximum Gasteiger partial charge on any atom is 0.414 e. The van der Waals surface area contributed by atoms with Gasteiger partial charge in [0, 0.05) is 30.3 Å². The number of rotatable bonds is 13. The predicted molar refractivity (Wildman–Crippen MR) is 212 cm³/mol. The van der Waals surface area contributed by atoms with Crippen molar-refractivity contribution in [2.24, 2.45) is 5.92 Å². The Morgan fingerprint density at radius 2 is 1.62 bits per heavy atom. The lowest BCUT2D eigenvalue weighted by Gasteiger charge is -2.37. The van der Waals surface area contributed by atoms with Crippen molar-refractivity contribution in [1.29, 1.82) is 0 Å². The molecule has 7 rings (SSSR count). The van der Waals surface area contributed by atoms with E-state index in [0.29, 0.717) is 25.4 Å². The Balaban J connectivity index is 1.27. The van der Waals surface area contributed by atoms with Gasteiger partial charge < -0.3 is 33.9 Å². The van der Waals surface area contributed by atoms with Crippen LogP contribution in [-0.4, -0.2) is 82.6 Å². The molecule has 0 aromatic heterocycles. The maximum absolute atomic E-state index is 15.3. The normalized spacial score (nSPS) is 21.9. The Hall–Kier alpha value is -5.17. The summed E-state index contributed by atoms with van der Waals surface area (Å²) in [6.45, 7) is 8.12. The van der Waals surface area contributed by atoms with Crippen LogP contribution in [0.3, 0.4) is 0 Å². The first kappa shape index (κ1) is 38.1. The van der Waals surface area contributed by atoms with Crippen LogP contribution in [0.25, 0.3) is 0 Å². The summed E-state index contributed by atoms with van der Waals surface area (Å²) < 4.78 is 23.6. The average Bonchev–Trinajstić information content (AvgIpc) is 3.83. The number of carbonyl (C=O) groups is 3. The molecule has 4 aromatic carbocycles. The molecule has 0 radical (unpaired) electrons. The summed E-state index contributed by atoms with van der Waals surface area (Å²) >= 11 is 0. The highest BCUT2D eigenvalue weighted by Gasteiger charge is 2.66. The molecule has 12 heteroatoms. The van der Waals surface area contributed by atoms with Gasteiger partial charge in [0.05, 0.1) is 60.2 Å². The first-order chi connectivity index (χ1) is 26.5. The van der Waals surface area contributed by atoms with Crippen LogP contribution in [0.1, 0.15) is 30.0 Å². The Bertz CT molecular complexity index is 2030. The van der Waals surface area contributed by atoms with E-state index in [-0.39, 0.29) is 55.5 Å². The standard InChI is InChI=1S/C43H49N3O8Si/c1-29-40(55(4,5)35-18-15-33(51-2)16-19-35)38(26-39(48)44(21-23-47)27-30-9-7-6-8-10-30)54-43(29)36-25-34(52-3)17-20-37(36)46(41(43)49)28-31-11-13-32(14-12-31)45-22-24-53-42(45)50/h6-20,25,29,38,40,47H,21-24,26-28H2,1-5H3/t29-,38+,40-,43+/m0/s1. The fraction of sp³-hybridized carbons (Fsp3) is 0.372. The topological polar surface area (TPSA) is 118 Å². The van der Waals surface area contributed by atoms with Crippen molar-refractivity contribution in [3.63, 3.8) is 0 Å². The second-order valence-electron chi connectivity index (χ2n) is 15.1. The van der Waals surface area contributed by atoms with Gasteiger partial charge >= 0.3 is 6.09 Å². The Morgan fingerprint density at radius 1 is 0.927 bits per heavy atom. The van der Waals surface area contributed by atoms with Crippen LogP contribution in [0.15, 0.2) is 97.1 Å². The number of ether oxygens (including phenoxy) is 4. The van der Waals surface area contributed by atoms with Gasteiger partial charge in [-0.25, -0.2) is 4.79 Å². The molecule has 2 saturated heterocycles. The third-order valence-corrected chi connectivity index (χ3v) is 16.1. The lowest BCUT2D eigenvalue weighted by atomic mass is 9.82. The number of cyclic esters (lactones) is 1. The molecule has 1 spiro atoms. The zero-order valence-corrected chi connectivity index (χ0v) is 33.1. The number of hydrogen-bond donors (Lipinski definition) is 1. The molecule has 3 heterocycles. The number of carbonyl (C=O) groups excluding carboxylic acids is 3. The number of aliphatic hydroxyl groups is 1. The van der Waals surface area contributed by atoms with Crippen LogP contribution in [0.2, 0.25) is 18.6 Å². The monoisotopic (exact) mass is 763 g/mol. The zero-order valence-electron chi connectivity index (χ0n) is 32.1. The van der Waals surface area contributed by atoms with Gasteiger partial charge in [-0.3, -0.25) is 14.5 Å². The van der Waals surface area contributed by atoms with E-state index in [4.69, 9.17) is 18.9 Å². The minimum atomic E-state index is -2.53. The fourth-order valence-electron chi connectivity index (χ4n) is 8.89. The van der Waals surface area contributed by atoms with Crippen LogP contribution in [0, 0.1) is 5.92 Å². The van der Waals surface area contributed by atoms with Crippen LogP contribution < -0.4 is 24.5 Å². The third kappa shape index (κ3) is 6.98. The van der Waals surface area contributed by atoms with Crippen molar-refractivity contribution in [1.82, 2.24) is 4.90 Å². The summed E-state index contributed by atoms with van der Waals surface area (Å²) in [5.74, 6) is 0.689. The first-order valence-electron chi connectivity index (χ1n) is 18.8. The molecule has 0 saturated carbocycles. The molecule has 3 amide bonds. The van der Waals surface area contributed by atoms with E-state index in [0.717, 1.165) is 39.0 Å². The summed E-state index contributed by atoms with van der Waals surface area (Å²) in [6, 6.07) is 31.1. The Morgan fingerprint density at radius 3 is 2.25 bits per heavy atom. The van der Waals surface area contributed by atoms with Gasteiger partial charge in [-0.05, 0) is 59.1 Å². The highest BCUT2D eigenvalue weighted by atomic mass is 28.3. The number of fused-ring (bicyclic) bond motifs is 2. The van der Waals surface area contributed by atoms with E-state index in [9.17, 15) is 14.7 Å². The Kier molecular flexibility index (Phi) is 10.8. The van der Waals surface area contributed by atoms with Crippen LogP contribution in [0.5, 0.6) is 11.5 Å². The molecular formula is C43H49N3O8Si. The van der Waals surface area contributed by atoms with Crippen LogP contribution in [-0.2, 0) is 37.8 Å². The number of anilines is 2. The van der Waals surface area contributed by atoms with Crippen LogP contribution in [0.4, 0.5) is 16.2 Å². The maximum atomic E-state index is 15.3. The molecule has 55 heavy (non-hydrogen) atoms. The highest BCUT2D eigenvalue weighted by Crippen LogP contribution is 2.60. The molecule has 4 atom stereocenters. The average molecular weight is 764 g/mol. The van der Waals surface area contributed by atoms with Gasteiger partial charge in [0.2, 0.25) is 5.91 Å². The molecule has 3 aliphatic rings. The fourth-order valence-corrected chi connectivity index (χ4v) is 12.9. The quantitative estimate of drug-likeness (QED) is 0.169. The molecule has 0 bridgehead atoms. The molecule has 3 aliphatic heterocycles. The summed E-state index contributed by atoms with van der Waals surface area (Å²) in [6.07, 6.45) is -0.933. The van der Waals surface area contributed by atoms with Gasteiger partial charge in [0.15, 0.2) is 5.60 Å². The Labute approximate surface area is 323 Å². The summed E-state index contributed by atoms with van der Waals surface area (Å²) in [5.41, 5.74) is 2.46. The van der Waals surface area contributed by atoms with E-state index in [1.54, 1.807) is 28.9 Å². The third-order valence-electron chi connectivity index (χ3n) is 11.7. The minimum absolute atomic E-state index is 0.0448. The van der Waals surface area contributed by atoms with Gasteiger partial charge in [0.1, 0.15) is 18.1 Å².